The Kier molecular flexibility index (Phi) is 3.52. The lowest BCUT2D eigenvalue weighted by Gasteiger charge is -2.06. The zero-order valence-electron chi connectivity index (χ0n) is 13.0. The van der Waals surface area contributed by atoms with Gasteiger partial charge < -0.3 is 5.32 Å². The number of carbonyl (C=O) groups excluding carboxylic acids is 1. The van der Waals surface area contributed by atoms with E-state index >= 15 is 0 Å². The van der Waals surface area contributed by atoms with Crippen molar-refractivity contribution in [3.63, 3.8) is 0 Å². The zero-order valence-corrected chi connectivity index (χ0v) is 13.0. The van der Waals surface area contributed by atoms with E-state index in [1.54, 1.807) is 0 Å². The van der Waals surface area contributed by atoms with Crippen molar-refractivity contribution in [1.29, 1.82) is 0 Å². The number of hydrogen-bond donors (Lipinski definition) is 2. The fourth-order valence-corrected chi connectivity index (χ4v) is 3.05. The third-order valence-electron chi connectivity index (χ3n) is 4.49. The van der Waals surface area contributed by atoms with Crippen LogP contribution in [0.1, 0.15) is 23.5 Å². The Morgan fingerprint density at radius 2 is 1.92 bits per heavy atom. The molecule has 0 unspecified atom stereocenters. The van der Waals surface area contributed by atoms with Crippen molar-refractivity contribution in [3.8, 4) is 0 Å². The number of hydrogen-bond acceptors (Lipinski definition) is 2. The number of H-pyrrole nitrogens is 1. The van der Waals surface area contributed by atoms with Crippen LogP contribution in [0, 0.1) is 5.92 Å². The molecule has 1 saturated carbocycles. The van der Waals surface area contributed by atoms with E-state index in [1.807, 2.05) is 30.3 Å². The highest BCUT2D eigenvalue weighted by Gasteiger charge is 2.44. The number of carbonyl (C=O) groups is 1. The first-order chi connectivity index (χ1) is 11.9. The van der Waals surface area contributed by atoms with Crippen LogP contribution in [0.4, 0.5) is 19.0 Å². The van der Waals surface area contributed by atoms with Gasteiger partial charge in [-0.25, -0.2) is 0 Å². The van der Waals surface area contributed by atoms with Gasteiger partial charge in [-0.3, -0.25) is 9.89 Å². The van der Waals surface area contributed by atoms with Gasteiger partial charge in [0.2, 0.25) is 5.91 Å². The van der Waals surface area contributed by atoms with Crippen LogP contribution in [0.2, 0.25) is 0 Å². The second-order valence-corrected chi connectivity index (χ2v) is 6.18. The molecule has 128 valence electrons. The maximum atomic E-state index is 12.7. The molecule has 2 aromatic carbocycles. The summed E-state index contributed by atoms with van der Waals surface area (Å²) in [5, 5.41) is 9.66. The summed E-state index contributed by atoms with van der Waals surface area (Å²) >= 11 is 0. The molecule has 3 aromatic rings. The molecule has 0 saturated heterocycles. The number of halogens is 3. The summed E-state index contributed by atoms with van der Waals surface area (Å²) in [6.07, 6.45) is -3.66. The highest BCUT2D eigenvalue weighted by atomic mass is 19.4. The average Bonchev–Trinajstić information content (AvgIpc) is 3.31. The third kappa shape index (κ3) is 2.97. The lowest BCUT2D eigenvalue weighted by atomic mass is 10.1. The smallest absolute Gasteiger partial charge is 0.308 e. The second kappa shape index (κ2) is 5.61. The molecule has 4 nitrogen and oxygen atoms in total. The Labute approximate surface area is 141 Å². The number of benzene rings is 2. The fraction of sp³-hybridized carbons (Fsp3) is 0.222. The normalized spacial score (nSPS) is 19.8. The topological polar surface area (TPSA) is 57.8 Å². The first-order valence-corrected chi connectivity index (χ1v) is 7.84. The summed E-state index contributed by atoms with van der Waals surface area (Å²) < 4.78 is 38.2. The van der Waals surface area contributed by atoms with Crippen molar-refractivity contribution in [2.24, 2.45) is 5.92 Å². The van der Waals surface area contributed by atoms with E-state index in [-0.39, 0.29) is 29.1 Å². The number of alkyl halides is 3. The lowest BCUT2D eigenvalue weighted by molar-refractivity contribution is -0.137. The van der Waals surface area contributed by atoms with Gasteiger partial charge in [-0.2, -0.15) is 18.3 Å². The Bertz CT molecular complexity index is 934. The zero-order chi connectivity index (χ0) is 17.6. The van der Waals surface area contributed by atoms with Gasteiger partial charge in [0.1, 0.15) is 0 Å². The molecule has 2 N–H and O–H groups in total. The molecule has 0 aliphatic heterocycles. The van der Waals surface area contributed by atoms with Crippen molar-refractivity contribution in [3.05, 3.63) is 59.7 Å². The van der Waals surface area contributed by atoms with Crippen molar-refractivity contribution >= 4 is 22.6 Å². The Morgan fingerprint density at radius 1 is 1.16 bits per heavy atom. The van der Waals surface area contributed by atoms with Gasteiger partial charge in [0, 0.05) is 11.3 Å². The molecule has 2 atom stereocenters. The minimum absolute atomic E-state index is 0.136. The summed E-state index contributed by atoms with van der Waals surface area (Å²) in [7, 11) is 0. The number of aromatic nitrogens is 2. The van der Waals surface area contributed by atoms with Crippen LogP contribution in [0.5, 0.6) is 0 Å². The third-order valence-corrected chi connectivity index (χ3v) is 4.49. The molecule has 0 spiro atoms. The highest BCUT2D eigenvalue weighted by Crippen LogP contribution is 2.48. The van der Waals surface area contributed by atoms with Gasteiger partial charge >= 0.3 is 6.18 Å². The first kappa shape index (κ1) is 15.7. The minimum atomic E-state index is -4.42. The lowest BCUT2D eigenvalue weighted by Crippen LogP contribution is -2.15. The second-order valence-electron chi connectivity index (χ2n) is 6.18. The summed E-state index contributed by atoms with van der Waals surface area (Å²) in [5.74, 6) is 0.140. The predicted molar refractivity (Wildman–Crippen MR) is 87.0 cm³/mol. The molecule has 1 amide bonds. The maximum Gasteiger partial charge on any atom is 0.416 e. The van der Waals surface area contributed by atoms with Crippen LogP contribution in [-0.2, 0) is 11.0 Å². The van der Waals surface area contributed by atoms with E-state index in [9.17, 15) is 18.0 Å². The standard InChI is InChI=1S/C18H14F3N3O/c19-18(20,21)11-6-7-12-15(8-11)23-24-16(12)22-17(25)14-9-13(14)10-4-2-1-3-5-10/h1-8,13-14H,9H2,(H2,22,23,24,25)/t13-,14+/m0/s1. The number of nitrogens with one attached hydrogen (secondary N) is 2. The van der Waals surface area contributed by atoms with Gasteiger partial charge in [0.25, 0.3) is 0 Å². The molecule has 1 heterocycles. The monoisotopic (exact) mass is 345 g/mol. The first-order valence-electron chi connectivity index (χ1n) is 7.84. The fourth-order valence-electron chi connectivity index (χ4n) is 3.05. The van der Waals surface area contributed by atoms with Gasteiger partial charge in [-0.1, -0.05) is 30.3 Å². The van der Waals surface area contributed by atoms with Crippen LogP contribution in [0.25, 0.3) is 10.9 Å². The number of amides is 1. The van der Waals surface area contributed by atoms with E-state index in [4.69, 9.17) is 0 Å². The van der Waals surface area contributed by atoms with Crippen molar-refractivity contribution in [1.82, 2.24) is 10.2 Å². The summed E-state index contributed by atoms with van der Waals surface area (Å²) in [4.78, 5) is 12.4. The van der Waals surface area contributed by atoms with Crippen LogP contribution in [0.15, 0.2) is 48.5 Å². The van der Waals surface area contributed by atoms with E-state index in [1.165, 1.54) is 6.07 Å². The van der Waals surface area contributed by atoms with E-state index < -0.39 is 11.7 Å². The van der Waals surface area contributed by atoms with E-state index in [0.717, 1.165) is 24.1 Å². The van der Waals surface area contributed by atoms with Gasteiger partial charge in [-0.05, 0) is 36.1 Å². The SMILES string of the molecule is O=C(Nc1n[nH]c2cc(C(F)(F)F)ccc12)[C@@H]1C[C@H]1c1ccccc1. The Morgan fingerprint density at radius 3 is 2.64 bits per heavy atom. The Hall–Kier alpha value is -2.83. The summed E-state index contributed by atoms with van der Waals surface area (Å²) in [6, 6.07) is 13.1. The molecule has 4 rings (SSSR count). The molecule has 25 heavy (non-hydrogen) atoms. The number of aromatic amines is 1. The van der Waals surface area contributed by atoms with Crippen LogP contribution in [0.3, 0.4) is 0 Å². The van der Waals surface area contributed by atoms with E-state index in [2.05, 4.69) is 15.5 Å². The van der Waals surface area contributed by atoms with Crippen LogP contribution >= 0.6 is 0 Å². The molecule has 0 radical (unpaired) electrons. The van der Waals surface area contributed by atoms with Crippen LogP contribution in [-0.4, -0.2) is 16.1 Å². The van der Waals surface area contributed by atoms with Gasteiger partial charge in [-0.15, -0.1) is 0 Å². The van der Waals surface area contributed by atoms with E-state index in [0.29, 0.717) is 5.39 Å². The number of fused-ring (bicyclic) bond motifs is 1. The summed E-state index contributed by atoms with van der Waals surface area (Å²) in [6.45, 7) is 0. The average molecular weight is 345 g/mol. The molecule has 1 fully saturated rings. The molecule has 7 heteroatoms. The van der Waals surface area contributed by atoms with Crippen molar-refractivity contribution in [2.45, 2.75) is 18.5 Å². The van der Waals surface area contributed by atoms with Crippen molar-refractivity contribution in [2.75, 3.05) is 5.32 Å². The molecule has 0 bridgehead atoms. The molecular formula is C18H14F3N3O. The van der Waals surface area contributed by atoms with Crippen molar-refractivity contribution < 1.29 is 18.0 Å². The van der Waals surface area contributed by atoms with Crippen LogP contribution < -0.4 is 5.32 Å². The number of nitrogens with zero attached hydrogens (tertiary/aromatic N) is 1. The maximum absolute atomic E-state index is 12.7. The summed E-state index contributed by atoms with van der Waals surface area (Å²) in [5.41, 5.74) is 0.595. The highest BCUT2D eigenvalue weighted by molar-refractivity contribution is 6.01. The Balaban J connectivity index is 1.51. The molecule has 1 aromatic heterocycles. The quantitative estimate of drug-likeness (QED) is 0.743. The largest absolute Gasteiger partial charge is 0.416 e. The number of anilines is 1. The number of rotatable bonds is 3. The predicted octanol–water partition coefficient (Wildman–Crippen LogP) is 4.32. The molecule has 1 aliphatic carbocycles. The van der Waals surface area contributed by atoms with Gasteiger partial charge in [0.05, 0.1) is 11.1 Å². The van der Waals surface area contributed by atoms with Gasteiger partial charge in [0.15, 0.2) is 5.82 Å². The minimum Gasteiger partial charge on any atom is -0.308 e. The molecule has 1 aliphatic rings. The molecular weight excluding hydrogens is 331 g/mol.